The summed E-state index contributed by atoms with van der Waals surface area (Å²) >= 11 is 0. The van der Waals surface area contributed by atoms with Crippen LogP contribution < -0.4 is 21.3 Å². The molecule has 1 saturated heterocycles. The van der Waals surface area contributed by atoms with E-state index in [1.165, 1.54) is 12.1 Å². The second-order valence-corrected chi connectivity index (χ2v) is 12.7. The van der Waals surface area contributed by atoms with Gasteiger partial charge in [-0.2, -0.15) is 0 Å². The van der Waals surface area contributed by atoms with Crippen LogP contribution in [0.25, 0.3) is 0 Å². The zero-order valence-electron chi connectivity index (χ0n) is 26.4. The van der Waals surface area contributed by atoms with Crippen LogP contribution in [-0.2, 0) is 30.5 Å². The number of amides is 4. The van der Waals surface area contributed by atoms with Gasteiger partial charge in [0.25, 0.3) is 0 Å². The highest BCUT2D eigenvalue weighted by Gasteiger charge is 2.38. The lowest BCUT2D eigenvalue weighted by Gasteiger charge is -2.32. The zero-order chi connectivity index (χ0) is 33.1. The Balaban J connectivity index is 1.77. The van der Waals surface area contributed by atoms with Crippen LogP contribution in [0.15, 0.2) is 54.9 Å². The van der Waals surface area contributed by atoms with E-state index < -0.39 is 58.9 Å². The molecule has 1 aromatic heterocycles. The number of benzene rings is 1. The molecule has 1 aliphatic heterocycles. The molecule has 12 heteroatoms. The molecule has 1 fully saturated rings. The van der Waals surface area contributed by atoms with E-state index in [0.29, 0.717) is 13.0 Å². The number of nitrogens with zero attached hydrogens (tertiary/aromatic N) is 1. The molecule has 1 aliphatic rings. The van der Waals surface area contributed by atoms with Crippen LogP contribution in [0.4, 0.5) is 4.79 Å². The molecule has 1 aromatic carbocycles. The van der Waals surface area contributed by atoms with Crippen molar-refractivity contribution in [2.75, 3.05) is 6.54 Å². The van der Waals surface area contributed by atoms with Crippen molar-refractivity contribution < 1.29 is 33.5 Å². The topological polar surface area (TPSA) is 173 Å². The van der Waals surface area contributed by atoms with Gasteiger partial charge < -0.3 is 26.0 Å². The minimum absolute atomic E-state index is 0.0264. The molecule has 2 aromatic rings. The monoisotopic (exact) mass is 621 g/mol. The van der Waals surface area contributed by atoms with Crippen molar-refractivity contribution in [3.8, 4) is 0 Å². The predicted octanol–water partition coefficient (Wildman–Crippen LogP) is 2.72. The zero-order valence-corrected chi connectivity index (χ0v) is 26.4. The second-order valence-electron chi connectivity index (χ2n) is 12.7. The smallest absolute Gasteiger partial charge is 0.408 e. The predicted molar refractivity (Wildman–Crippen MR) is 166 cm³/mol. The third kappa shape index (κ3) is 10.5. The molecule has 2 heterocycles. The number of carbonyl (C=O) groups is 6. The highest BCUT2D eigenvalue weighted by Crippen LogP contribution is 2.21. The van der Waals surface area contributed by atoms with Gasteiger partial charge in [-0.3, -0.25) is 29.0 Å². The Morgan fingerprint density at radius 3 is 2.16 bits per heavy atom. The van der Waals surface area contributed by atoms with Crippen molar-refractivity contribution in [3.05, 3.63) is 66.0 Å². The molecule has 12 nitrogen and oxygen atoms in total. The first-order chi connectivity index (χ1) is 21.3. The van der Waals surface area contributed by atoms with Crippen molar-refractivity contribution in [1.82, 2.24) is 26.3 Å². The van der Waals surface area contributed by atoms with E-state index in [2.05, 4.69) is 26.3 Å². The molecule has 3 rings (SSSR count). The minimum atomic E-state index is -1.29. The summed E-state index contributed by atoms with van der Waals surface area (Å²) in [5, 5.41) is 10.7. The van der Waals surface area contributed by atoms with Gasteiger partial charge in [0.15, 0.2) is 0 Å². The number of Topliss-reactive ketones (excluding diaryl/α,β-unsaturated/α-hetero) is 2. The quantitative estimate of drug-likeness (QED) is 0.184. The Kier molecular flexibility index (Phi) is 12.3. The molecule has 0 saturated carbocycles. The van der Waals surface area contributed by atoms with Crippen LogP contribution in [0.1, 0.15) is 69.8 Å². The van der Waals surface area contributed by atoms with E-state index in [-0.39, 0.29) is 36.8 Å². The standard InChI is InChI=1S/C33H43N5O7/c1-20(2)17-25(37-31(43)28(33(3,4)5)38-32(44)45-19-21-11-14-34-15-12-21)30(42)36-24(18-23-13-16-35-29(23)41)27(40)26(39)22-9-7-6-8-10-22/h6-12,14-15,20,23-25,28H,13,16-19H2,1-5H3,(H,35,41)(H,36,42)(H,37,43)(H,38,44)/t23-,24?,25?,28+/m0/s1. The van der Waals surface area contributed by atoms with Gasteiger partial charge in [0.05, 0.1) is 6.04 Å². The van der Waals surface area contributed by atoms with Gasteiger partial charge in [0.1, 0.15) is 18.7 Å². The Morgan fingerprint density at radius 2 is 1.58 bits per heavy atom. The number of nitrogens with one attached hydrogen (secondary N) is 4. The van der Waals surface area contributed by atoms with Gasteiger partial charge in [-0.05, 0) is 48.3 Å². The molecule has 45 heavy (non-hydrogen) atoms. The first-order valence-electron chi connectivity index (χ1n) is 15.1. The van der Waals surface area contributed by atoms with Crippen molar-refractivity contribution in [2.24, 2.45) is 17.3 Å². The van der Waals surface area contributed by atoms with Crippen LogP contribution in [-0.4, -0.2) is 65.0 Å². The van der Waals surface area contributed by atoms with E-state index in [1.54, 1.807) is 63.5 Å². The van der Waals surface area contributed by atoms with E-state index in [1.807, 2.05) is 13.8 Å². The highest BCUT2D eigenvalue weighted by molar-refractivity contribution is 6.45. The molecule has 4 atom stereocenters. The van der Waals surface area contributed by atoms with Gasteiger partial charge in [0.2, 0.25) is 29.3 Å². The Labute approximate surface area is 263 Å². The number of hydrogen-bond donors (Lipinski definition) is 4. The lowest BCUT2D eigenvalue weighted by atomic mass is 9.86. The number of alkyl carbamates (subject to hydrolysis) is 1. The van der Waals surface area contributed by atoms with Crippen molar-refractivity contribution in [2.45, 2.75) is 78.6 Å². The molecule has 4 amide bonds. The summed E-state index contributed by atoms with van der Waals surface area (Å²) in [6, 6.07) is 7.90. The SMILES string of the molecule is CC(C)CC(NC(=O)[C@@H](NC(=O)OCc1ccncc1)C(C)(C)C)C(=O)NC(C[C@@H]1CCNC1=O)C(=O)C(=O)c1ccccc1. The first-order valence-corrected chi connectivity index (χ1v) is 15.1. The van der Waals surface area contributed by atoms with Crippen molar-refractivity contribution in [3.63, 3.8) is 0 Å². The van der Waals surface area contributed by atoms with Gasteiger partial charge in [-0.15, -0.1) is 0 Å². The van der Waals surface area contributed by atoms with Crippen LogP contribution >= 0.6 is 0 Å². The van der Waals surface area contributed by atoms with Crippen LogP contribution in [0, 0.1) is 17.3 Å². The number of aromatic nitrogens is 1. The summed E-state index contributed by atoms with van der Waals surface area (Å²) in [4.78, 5) is 82.7. The fourth-order valence-corrected chi connectivity index (χ4v) is 4.97. The van der Waals surface area contributed by atoms with Gasteiger partial charge in [-0.25, -0.2) is 4.79 Å². The van der Waals surface area contributed by atoms with E-state index in [0.717, 1.165) is 5.56 Å². The molecular weight excluding hydrogens is 578 g/mol. The van der Waals surface area contributed by atoms with Gasteiger partial charge in [-0.1, -0.05) is 65.0 Å². The maximum absolute atomic E-state index is 13.7. The number of ketones is 2. The third-order valence-corrected chi connectivity index (χ3v) is 7.43. The lowest BCUT2D eigenvalue weighted by Crippen LogP contribution is -2.59. The average Bonchev–Trinajstić information content (AvgIpc) is 3.41. The number of pyridine rings is 1. The molecule has 0 spiro atoms. The Hall–Kier alpha value is -4.61. The fraction of sp³-hybridized carbons (Fsp3) is 0.485. The van der Waals surface area contributed by atoms with Crippen LogP contribution in [0.5, 0.6) is 0 Å². The van der Waals surface area contributed by atoms with Gasteiger partial charge >= 0.3 is 6.09 Å². The average molecular weight is 622 g/mol. The minimum Gasteiger partial charge on any atom is -0.445 e. The molecule has 0 bridgehead atoms. The number of rotatable bonds is 14. The highest BCUT2D eigenvalue weighted by atomic mass is 16.5. The first kappa shape index (κ1) is 34.9. The Bertz CT molecular complexity index is 1360. The maximum Gasteiger partial charge on any atom is 0.408 e. The fourth-order valence-electron chi connectivity index (χ4n) is 4.97. The van der Waals surface area contributed by atoms with Gasteiger partial charge in [0, 0.05) is 30.4 Å². The van der Waals surface area contributed by atoms with Crippen molar-refractivity contribution >= 4 is 35.4 Å². The largest absolute Gasteiger partial charge is 0.445 e. The molecule has 0 radical (unpaired) electrons. The number of carbonyl (C=O) groups excluding carboxylic acids is 6. The van der Waals surface area contributed by atoms with Crippen LogP contribution in [0.3, 0.4) is 0 Å². The summed E-state index contributed by atoms with van der Waals surface area (Å²) in [6.45, 7) is 9.42. The second kappa shape index (κ2) is 15.9. The Morgan fingerprint density at radius 1 is 0.933 bits per heavy atom. The summed E-state index contributed by atoms with van der Waals surface area (Å²) in [7, 11) is 0. The van der Waals surface area contributed by atoms with E-state index >= 15 is 0 Å². The van der Waals surface area contributed by atoms with E-state index in [4.69, 9.17) is 4.74 Å². The summed E-state index contributed by atoms with van der Waals surface area (Å²) in [5.74, 6) is -3.80. The normalized spacial score (nSPS) is 16.6. The summed E-state index contributed by atoms with van der Waals surface area (Å²) in [6.07, 6.45) is 2.93. The summed E-state index contributed by atoms with van der Waals surface area (Å²) in [5.41, 5.74) is 0.116. The molecule has 4 N–H and O–H groups in total. The molecule has 0 aliphatic carbocycles. The summed E-state index contributed by atoms with van der Waals surface area (Å²) < 4.78 is 5.29. The molecular formula is C33H43N5O7. The van der Waals surface area contributed by atoms with E-state index in [9.17, 15) is 28.8 Å². The third-order valence-electron chi connectivity index (χ3n) is 7.43. The lowest BCUT2D eigenvalue weighted by molar-refractivity contribution is -0.133. The van der Waals surface area contributed by atoms with Crippen LogP contribution in [0.2, 0.25) is 0 Å². The maximum atomic E-state index is 13.7. The molecule has 2 unspecified atom stereocenters. The van der Waals surface area contributed by atoms with Crippen molar-refractivity contribution in [1.29, 1.82) is 0 Å². The number of ether oxygens (including phenoxy) is 1. The number of hydrogen-bond acceptors (Lipinski definition) is 8. The molecule has 242 valence electrons.